The van der Waals surface area contributed by atoms with E-state index in [-0.39, 0.29) is 0 Å². The van der Waals surface area contributed by atoms with Gasteiger partial charge in [0.15, 0.2) is 5.13 Å². The van der Waals surface area contributed by atoms with Crippen molar-refractivity contribution >= 4 is 28.2 Å². The van der Waals surface area contributed by atoms with Gasteiger partial charge in [-0.25, -0.2) is 4.98 Å². The Morgan fingerprint density at radius 3 is 3.12 bits per heavy atom. The largest absolute Gasteiger partial charge is 0.355 e. The lowest BCUT2D eigenvalue weighted by Gasteiger charge is -2.25. The van der Waals surface area contributed by atoms with Gasteiger partial charge >= 0.3 is 0 Å². The molecule has 0 fully saturated rings. The van der Waals surface area contributed by atoms with Gasteiger partial charge in [0.2, 0.25) is 0 Å². The second kappa shape index (κ2) is 4.47. The molecule has 2 aromatic rings. The van der Waals surface area contributed by atoms with E-state index in [1.54, 1.807) is 11.3 Å². The van der Waals surface area contributed by atoms with Crippen LogP contribution in [-0.2, 0) is 0 Å². The van der Waals surface area contributed by atoms with Gasteiger partial charge in [0, 0.05) is 22.2 Å². The monoisotopic (exact) mass is 248 g/mol. The highest BCUT2D eigenvalue weighted by atomic mass is 32.2. The molecule has 16 heavy (non-hydrogen) atoms. The van der Waals surface area contributed by atoms with E-state index in [2.05, 4.69) is 34.6 Å². The molecule has 1 atom stereocenters. The van der Waals surface area contributed by atoms with Crippen LogP contribution in [0.4, 0.5) is 5.13 Å². The summed E-state index contributed by atoms with van der Waals surface area (Å²) in [4.78, 5) is 5.69. The van der Waals surface area contributed by atoms with Gasteiger partial charge in [0.25, 0.3) is 0 Å². The zero-order valence-corrected chi connectivity index (χ0v) is 10.4. The summed E-state index contributed by atoms with van der Waals surface area (Å²) in [5.41, 5.74) is 1.41. The first kappa shape index (κ1) is 10.2. The zero-order chi connectivity index (χ0) is 10.8. The summed E-state index contributed by atoms with van der Waals surface area (Å²) in [5.74, 6) is 1.18. The number of rotatable bonds is 2. The van der Waals surface area contributed by atoms with E-state index in [0.717, 1.165) is 5.13 Å². The van der Waals surface area contributed by atoms with Crippen molar-refractivity contribution in [3.63, 3.8) is 0 Å². The van der Waals surface area contributed by atoms with Crippen LogP contribution in [0.3, 0.4) is 0 Å². The van der Waals surface area contributed by atoms with Crippen LogP contribution in [0.15, 0.2) is 40.7 Å². The number of thiazole rings is 1. The normalized spacial score (nSPS) is 19.1. The van der Waals surface area contributed by atoms with Crippen molar-refractivity contribution in [1.29, 1.82) is 0 Å². The summed E-state index contributed by atoms with van der Waals surface area (Å²) in [6.07, 6.45) is 3.01. The molecule has 4 heteroatoms. The Morgan fingerprint density at radius 2 is 2.25 bits per heavy atom. The minimum absolute atomic E-state index is 0.420. The average molecular weight is 248 g/mol. The van der Waals surface area contributed by atoms with Gasteiger partial charge in [0.05, 0.1) is 6.04 Å². The van der Waals surface area contributed by atoms with Gasteiger partial charge < -0.3 is 5.32 Å². The van der Waals surface area contributed by atoms with Gasteiger partial charge in [-0.15, -0.1) is 23.1 Å². The lowest BCUT2D eigenvalue weighted by molar-refractivity contribution is 0.727. The quantitative estimate of drug-likeness (QED) is 0.875. The molecule has 0 saturated heterocycles. The highest BCUT2D eigenvalue weighted by molar-refractivity contribution is 7.99. The van der Waals surface area contributed by atoms with Gasteiger partial charge in [0.1, 0.15) is 0 Å². The second-order valence-corrected chi connectivity index (χ2v) is 5.74. The highest BCUT2D eigenvalue weighted by Crippen LogP contribution is 2.37. The molecular formula is C12H12N2S2. The van der Waals surface area contributed by atoms with Crippen molar-refractivity contribution in [2.75, 3.05) is 11.1 Å². The maximum atomic E-state index is 4.28. The summed E-state index contributed by atoms with van der Waals surface area (Å²) in [6.45, 7) is 0. The first-order valence-electron chi connectivity index (χ1n) is 5.31. The fourth-order valence-corrected chi connectivity index (χ4v) is 3.64. The molecule has 3 rings (SSSR count). The molecule has 0 bridgehead atoms. The smallest absolute Gasteiger partial charge is 0.183 e. The first-order chi connectivity index (χ1) is 7.93. The molecule has 82 valence electrons. The summed E-state index contributed by atoms with van der Waals surface area (Å²) in [5, 5.41) is 6.54. The van der Waals surface area contributed by atoms with E-state index < -0.39 is 0 Å². The molecule has 0 aliphatic carbocycles. The van der Waals surface area contributed by atoms with E-state index in [9.17, 15) is 0 Å². The molecule has 1 unspecified atom stereocenters. The van der Waals surface area contributed by atoms with Crippen LogP contribution >= 0.6 is 23.1 Å². The van der Waals surface area contributed by atoms with E-state index in [1.165, 1.54) is 22.6 Å². The van der Waals surface area contributed by atoms with Gasteiger partial charge in [-0.1, -0.05) is 18.2 Å². The number of nitrogens with one attached hydrogen (secondary N) is 1. The molecule has 2 heterocycles. The highest BCUT2D eigenvalue weighted by Gasteiger charge is 2.20. The first-order valence-corrected chi connectivity index (χ1v) is 7.18. The van der Waals surface area contributed by atoms with E-state index in [0.29, 0.717) is 6.04 Å². The maximum Gasteiger partial charge on any atom is 0.183 e. The Bertz CT molecular complexity index is 468. The predicted octanol–water partition coefficient (Wildman–Crippen LogP) is 3.79. The Kier molecular flexibility index (Phi) is 2.84. The Balaban J connectivity index is 1.87. The Hall–Kier alpha value is -1.00. The lowest BCUT2D eigenvalue weighted by Crippen LogP contribution is -2.15. The predicted molar refractivity (Wildman–Crippen MR) is 70.3 cm³/mol. The van der Waals surface area contributed by atoms with Crippen molar-refractivity contribution in [3.05, 3.63) is 41.4 Å². The Morgan fingerprint density at radius 1 is 1.31 bits per heavy atom. The number of hydrogen-bond acceptors (Lipinski definition) is 4. The van der Waals surface area contributed by atoms with Crippen molar-refractivity contribution in [3.8, 4) is 0 Å². The molecule has 0 saturated carbocycles. The third-order valence-electron chi connectivity index (χ3n) is 2.69. The molecule has 1 aromatic carbocycles. The summed E-state index contributed by atoms with van der Waals surface area (Å²) < 4.78 is 0. The molecular weight excluding hydrogens is 236 g/mol. The van der Waals surface area contributed by atoms with Crippen molar-refractivity contribution in [1.82, 2.24) is 4.98 Å². The number of benzene rings is 1. The fraction of sp³-hybridized carbons (Fsp3) is 0.250. The number of aromatic nitrogens is 1. The second-order valence-electron chi connectivity index (χ2n) is 3.71. The molecule has 0 amide bonds. The van der Waals surface area contributed by atoms with E-state index in [4.69, 9.17) is 0 Å². The molecule has 1 N–H and O–H groups in total. The van der Waals surface area contributed by atoms with Crippen LogP contribution < -0.4 is 5.32 Å². The fourth-order valence-electron chi connectivity index (χ4n) is 1.94. The van der Waals surface area contributed by atoms with E-state index >= 15 is 0 Å². The number of fused-ring (bicyclic) bond motifs is 1. The number of hydrogen-bond donors (Lipinski definition) is 1. The van der Waals surface area contributed by atoms with Crippen LogP contribution in [0, 0.1) is 0 Å². The number of anilines is 1. The topological polar surface area (TPSA) is 24.9 Å². The minimum atomic E-state index is 0.420. The van der Waals surface area contributed by atoms with Crippen LogP contribution in [0.2, 0.25) is 0 Å². The number of thioether (sulfide) groups is 1. The maximum absolute atomic E-state index is 4.28. The van der Waals surface area contributed by atoms with E-state index in [1.807, 2.05) is 23.3 Å². The molecule has 0 radical (unpaired) electrons. The SMILES string of the molecule is c1ccc2c(c1)SCCC2Nc1nccs1. The van der Waals surface area contributed by atoms with Crippen molar-refractivity contribution < 1.29 is 0 Å². The van der Waals surface area contributed by atoms with Crippen LogP contribution in [0.1, 0.15) is 18.0 Å². The molecule has 1 aliphatic heterocycles. The van der Waals surface area contributed by atoms with Gasteiger partial charge in [-0.2, -0.15) is 0 Å². The van der Waals surface area contributed by atoms with Gasteiger partial charge in [-0.05, 0) is 18.1 Å². The molecule has 1 aliphatic rings. The number of nitrogens with zero attached hydrogens (tertiary/aromatic N) is 1. The van der Waals surface area contributed by atoms with Crippen molar-refractivity contribution in [2.45, 2.75) is 17.4 Å². The Labute approximate surface area is 103 Å². The standard InChI is InChI=1S/C12H12N2S2/c1-2-4-11-9(3-1)10(5-7-15-11)14-12-13-6-8-16-12/h1-4,6,8,10H,5,7H2,(H,13,14). The summed E-state index contributed by atoms with van der Waals surface area (Å²) in [6, 6.07) is 9.06. The van der Waals surface area contributed by atoms with Gasteiger partial charge in [-0.3, -0.25) is 0 Å². The summed E-state index contributed by atoms with van der Waals surface area (Å²) in [7, 11) is 0. The average Bonchev–Trinajstić information content (AvgIpc) is 2.82. The molecule has 0 spiro atoms. The molecule has 1 aromatic heterocycles. The zero-order valence-electron chi connectivity index (χ0n) is 8.72. The minimum Gasteiger partial charge on any atom is -0.355 e. The summed E-state index contributed by atoms with van der Waals surface area (Å²) >= 11 is 3.61. The van der Waals surface area contributed by atoms with Crippen LogP contribution in [0.25, 0.3) is 0 Å². The molecule has 2 nitrogen and oxygen atoms in total. The third kappa shape index (κ3) is 1.95. The van der Waals surface area contributed by atoms with Crippen LogP contribution in [0.5, 0.6) is 0 Å². The third-order valence-corrected chi connectivity index (χ3v) is 4.52. The van der Waals surface area contributed by atoms with Crippen LogP contribution in [-0.4, -0.2) is 10.7 Å². The lowest BCUT2D eigenvalue weighted by atomic mass is 10.0. The van der Waals surface area contributed by atoms with Crippen molar-refractivity contribution in [2.24, 2.45) is 0 Å².